The normalized spacial score (nSPS) is 22.0. The van der Waals surface area contributed by atoms with Gasteiger partial charge in [-0.2, -0.15) is 0 Å². The molecular formula is C22H25FN2O3S. The number of nitrogens with one attached hydrogen (secondary N) is 1. The van der Waals surface area contributed by atoms with Crippen LogP contribution in [0.2, 0.25) is 0 Å². The standard InChI is InChI=1S/C22H25FN2O3S/c23-19-8-10-20(11-9-19)24-29(27,28)21-7-3-6-17(14-21)22(26)25-13-12-16-4-1-2-5-18(16)15-25/h3,6-11,14,16,18,24H,1-2,4-5,12-13,15H2/t16-,18-/m1/s1. The van der Waals surface area contributed by atoms with Crippen LogP contribution in [0.1, 0.15) is 42.5 Å². The number of likely N-dealkylation sites (tertiary alicyclic amines) is 1. The number of sulfonamides is 1. The van der Waals surface area contributed by atoms with Gasteiger partial charge in [0.25, 0.3) is 15.9 Å². The van der Waals surface area contributed by atoms with E-state index < -0.39 is 15.8 Å². The topological polar surface area (TPSA) is 66.5 Å². The second kappa shape index (κ2) is 8.14. The molecule has 154 valence electrons. The predicted molar refractivity (Wildman–Crippen MR) is 110 cm³/mol. The Morgan fingerprint density at radius 2 is 1.72 bits per heavy atom. The first-order chi connectivity index (χ1) is 13.9. The highest BCUT2D eigenvalue weighted by Gasteiger charge is 2.33. The van der Waals surface area contributed by atoms with E-state index in [9.17, 15) is 17.6 Å². The van der Waals surface area contributed by atoms with Crippen LogP contribution in [-0.2, 0) is 10.0 Å². The van der Waals surface area contributed by atoms with Crippen molar-refractivity contribution in [3.63, 3.8) is 0 Å². The molecule has 2 aromatic rings. The molecule has 2 aromatic carbocycles. The minimum atomic E-state index is -3.88. The monoisotopic (exact) mass is 416 g/mol. The van der Waals surface area contributed by atoms with Gasteiger partial charge >= 0.3 is 0 Å². The first-order valence-corrected chi connectivity index (χ1v) is 11.6. The van der Waals surface area contributed by atoms with Crippen LogP contribution >= 0.6 is 0 Å². The first kappa shape index (κ1) is 19.9. The maximum absolute atomic E-state index is 13.0. The van der Waals surface area contributed by atoms with Crippen LogP contribution in [0.25, 0.3) is 0 Å². The second-order valence-corrected chi connectivity index (χ2v) is 9.67. The number of piperidine rings is 1. The van der Waals surface area contributed by atoms with Gasteiger partial charge < -0.3 is 4.90 Å². The molecule has 1 amide bonds. The van der Waals surface area contributed by atoms with Gasteiger partial charge in [-0.25, -0.2) is 12.8 Å². The largest absolute Gasteiger partial charge is 0.338 e. The molecule has 0 aromatic heterocycles. The average molecular weight is 417 g/mol. The summed E-state index contributed by atoms with van der Waals surface area (Å²) in [7, 11) is -3.88. The van der Waals surface area contributed by atoms with E-state index in [1.165, 1.54) is 62.1 Å². The van der Waals surface area contributed by atoms with Crippen LogP contribution < -0.4 is 4.72 Å². The maximum atomic E-state index is 13.0. The Morgan fingerprint density at radius 3 is 2.48 bits per heavy atom. The van der Waals surface area contributed by atoms with E-state index in [1.54, 1.807) is 12.1 Å². The third-order valence-corrected chi connectivity index (χ3v) is 7.45. The van der Waals surface area contributed by atoms with E-state index in [4.69, 9.17) is 0 Å². The van der Waals surface area contributed by atoms with Gasteiger partial charge in [-0.3, -0.25) is 9.52 Å². The SMILES string of the molecule is O=C(c1cccc(S(=O)(=O)Nc2ccc(F)cc2)c1)N1CC[C@H]2CCCC[C@@H]2C1. The summed E-state index contributed by atoms with van der Waals surface area (Å²) in [5.74, 6) is 0.725. The third kappa shape index (κ3) is 4.45. The van der Waals surface area contributed by atoms with Gasteiger partial charge in [-0.15, -0.1) is 0 Å². The zero-order chi connectivity index (χ0) is 20.4. The fourth-order valence-electron chi connectivity index (χ4n) is 4.50. The number of anilines is 1. The van der Waals surface area contributed by atoms with Crippen molar-refractivity contribution in [2.24, 2.45) is 11.8 Å². The van der Waals surface area contributed by atoms with Crippen molar-refractivity contribution in [1.82, 2.24) is 4.90 Å². The molecule has 7 heteroatoms. The lowest BCUT2D eigenvalue weighted by Crippen LogP contribution is -2.44. The summed E-state index contributed by atoms with van der Waals surface area (Å²) >= 11 is 0. The highest BCUT2D eigenvalue weighted by atomic mass is 32.2. The molecule has 1 saturated heterocycles. The molecule has 29 heavy (non-hydrogen) atoms. The van der Waals surface area contributed by atoms with Gasteiger partial charge in [0, 0.05) is 24.3 Å². The predicted octanol–water partition coefficient (Wildman–Crippen LogP) is 4.28. The van der Waals surface area contributed by atoms with Crippen molar-refractivity contribution in [2.45, 2.75) is 37.0 Å². The first-order valence-electron chi connectivity index (χ1n) is 10.1. The Kier molecular flexibility index (Phi) is 5.58. The smallest absolute Gasteiger partial charge is 0.261 e. The summed E-state index contributed by atoms with van der Waals surface area (Å²) in [4.78, 5) is 14.9. The number of rotatable bonds is 4. The van der Waals surface area contributed by atoms with Crippen LogP contribution in [0, 0.1) is 17.7 Å². The van der Waals surface area contributed by atoms with Crippen LogP contribution in [0.15, 0.2) is 53.4 Å². The van der Waals surface area contributed by atoms with E-state index in [1.807, 2.05) is 4.90 Å². The van der Waals surface area contributed by atoms with Crippen LogP contribution in [0.4, 0.5) is 10.1 Å². The molecule has 0 spiro atoms. The summed E-state index contributed by atoms with van der Waals surface area (Å²) in [5.41, 5.74) is 0.642. The Balaban J connectivity index is 1.50. The molecule has 2 atom stereocenters. The molecule has 0 bridgehead atoms. The van der Waals surface area contributed by atoms with Crippen LogP contribution in [0.3, 0.4) is 0 Å². The molecule has 4 rings (SSSR count). The lowest BCUT2D eigenvalue weighted by Gasteiger charge is -2.41. The molecule has 0 radical (unpaired) electrons. The minimum Gasteiger partial charge on any atom is -0.338 e. The number of carbonyl (C=O) groups excluding carboxylic acids is 1. The number of amides is 1. The van der Waals surface area contributed by atoms with Gasteiger partial charge in [0.05, 0.1) is 4.90 Å². The lowest BCUT2D eigenvalue weighted by atomic mass is 9.75. The van der Waals surface area contributed by atoms with E-state index in [0.29, 0.717) is 11.5 Å². The highest BCUT2D eigenvalue weighted by molar-refractivity contribution is 7.92. The Bertz CT molecular complexity index is 991. The average Bonchev–Trinajstić information content (AvgIpc) is 2.74. The third-order valence-electron chi connectivity index (χ3n) is 6.07. The van der Waals surface area contributed by atoms with Crippen molar-refractivity contribution < 1.29 is 17.6 Å². The van der Waals surface area contributed by atoms with E-state index in [-0.39, 0.29) is 16.5 Å². The summed E-state index contributed by atoms with van der Waals surface area (Å²) in [6.45, 7) is 1.49. The number of fused-ring (bicyclic) bond motifs is 1. The van der Waals surface area contributed by atoms with E-state index in [0.717, 1.165) is 25.4 Å². The fraction of sp³-hybridized carbons (Fsp3) is 0.409. The molecule has 1 aliphatic heterocycles. The van der Waals surface area contributed by atoms with Crippen molar-refractivity contribution in [3.05, 3.63) is 59.9 Å². The highest BCUT2D eigenvalue weighted by Crippen LogP contribution is 2.36. The maximum Gasteiger partial charge on any atom is 0.261 e. The molecule has 1 N–H and O–H groups in total. The number of carbonyl (C=O) groups is 1. The molecule has 5 nitrogen and oxygen atoms in total. The number of halogens is 1. The number of hydrogen-bond donors (Lipinski definition) is 1. The number of benzene rings is 2. The second-order valence-electron chi connectivity index (χ2n) is 7.98. The quantitative estimate of drug-likeness (QED) is 0.809. The molecule has 1 saturated carbocycles. The molecule has 2 aliphatic rings. The Labute approximate surface area is 171 Å². The van der Waals surface area contributed by atoms with Crippen molar-refractivity contribution in [2.75, 3.05) is 17.8 Å². The lowest BCUT2D eigenvalue weighted by molar-refractivity contribution is 0.0520. The van der Waals surface area contributed by atoms with Gasteiger partial charge in [-0.05, 0) is 67.1 Å². The van der Waals surface area contributed by atoms with Crippen LogP contribution in [-0.4, -0.2) is 32.3 Å². The van der Waals surface area contributed by atoms with Crippen molar-refractivity contribution in [1.29, 1.82) is 0 Å². The molecule has 1 aliphatic carbocycles. The molecule has 0 unspecified atom stereocenters. The van der Waals surface area contributed by atoms with Gasteiger partial charge in [0.2, 0.25) is 0 Å². The van der Waals surface area contributed by atoms with E-state index >= 15 is 0 Å². The number of hydrogen-bond acceptors (Lipinski definition) is 3. The summed E-state index contributed by atoms with van der Waals surface area (Å²) in [6, 6.07) is 11.2. The Hall–Kier alpha value is -2.41. The zero-order valence-corrected chi connectivity index (χ0v) is 17.0. The summed E-state index contributed by atoms with van der Waals surface area (Å²) < 4.78 is 40.9. The van der Waals surface area contributed by atoms with E-state index in [2.05, 4.69) is 4.72 Å². The van der Waals surface area contributed by atoms with Crippen molar-refractivity contribution in [3.8, 4) is 0 Å². The molecular weight excluding hydrogens is 391 g/mol. The van der Waals surface area contributed by atoms with Gasteiger partial charge in [-0.1, -0.05) is 25.3 Å². The van der Waals surface area contributed by atoms with Crippen LogP contribution in [0.5, 0.6) is 0 Å². The number of nitrogens with zero attached hydrogens (tertiary/aromatic N) is 1. The molecule has 1 heterocycles. The zero-order valence-electron chi connectivity index (χ0n) is 16.2. The summed E-state index contributed by atoms with van der Waals surface area (Å²) in [5, 5.41) is 0. The van der Waals surface area contributed by atoms with Crippen molar-refractivity contribution >= 4 is 21.6 Å². The minimum absolute atomic E-state index is 0.0141. The van der Waals surface area contributed by atoms with Gasteiger partial charge in [0.15, 0.2) is 0 Å². The Morgan fingerprint density at radius 1 is 1.00 bits per heavy atom. The fourth-order valence-corrected chi connectivity index (χ4v) is 5.60. The van der Waals surface area contributed by atoms with Gasteiger partial charge in [0.1, 0.15) is 5.82 Å². The molecule has 2 fully saturated rings. The summed E-state index contributed by atoms with van der Waals surface area (Å²) in [6.07, 6.45) is 5.97.